The molecule has 0 fully saturated rings. The molecule has 12 heavy (non-hydrogen) atoms. The Bertz CT molecular complexity index is 255. The minimum atomic E-state index is -0.190. The fraction of sp³-hybridized carbons (Fsp3) is 0.250. The van der Waals surface area contributed by atoms with Crippen LogP contribution in [0.5, 0.6) is 0 Å². The molecule has 1 aromatic carbocycles. The van der Waals surface area contributed by atoms with Crippen LogP contribution in [0.25, 0.3) is 0 Å². The summed E-state index contributed by atoms with van der Waals surface area (Å²) in [7, 11) is 0. The Kier molecular flexibility index (Phi) is 5.46. The van der Waals surface area contributed by atoms with Crippen LogP contribution in [-0.2, 0) is 6.42 Å². The molecule has 0 atom stereocenters. The van der Waals surface area contributed by atoms with Crippen molar-refractivity contribution in [3.8, 4) is 0 Å². The van der Waals surface area contributed by atoms with Crippen LogP contribution in [0.4, 0.5) is 4.39 Å². The van der Waals surface area contributed by atoms with E-state index in [1.807, 2.05) is 6.07 Å². The monoisotopic (exact) mass is 253 g/mol. The molecule has 0 heterocycles. The lowest BCUT2D eigenvalue weighted by Crippen LogP contribution is -2.04. The molecule has 1 nitrogen and oxygen atoms in total. The molecular weight excluding hydrogens is 244 g/mol. The Balaban J connectivity index is 0.00000121. The van der Waals surface area contributed by atoms with Gasteiger partial charge in [0, 0.05) is 4.47 Å². The van der Waals surface area contributed by atoms with Gasteiger partial charge in [-0.25, -0.2) is 4.39 Å². The predicted octanol–water partition coefficient (Wildman–Crippen LogP) is 2.51. The number of hydrogen-bond donors (Lipinski definition) is 1. The van der Waals surface area contributed by atoms with Crippen LogP contribution in [0.1, 0.15) is 5.56 Å². The molecule has 0 amide bonds. The van der Waals surface area contributed by atoms with Crippen molar-refractivity contribution in [3.63, 3.8) is 0 Å². The van der Waals surface area contributed by atoms with Gasteiger partial charge in [0.05, 0.1) is 0 Å². The van der Waals surface area contributed by atoms with E-state index in [0.29, 0.717) is 18.5 Å². The molecule has 0 saturated heterocycles. The van der Waals surface area contributed by atoms with E-state index in [1.54, 1.807) is 6.07 Å². The Hall–Kier alpha value is -0.120. The van der Waals surface area contributed by atoms with E-state index in [0.717, 1.165) is 4.47 Å². The average molecular weight is 255 g/mol. The zero-order valence-corrected chi connectivity index (χ0v) is 8.79. The summed E-state index contributed by atoms with van der Waals surface area (Å²) in [5.74, 6) is -0.190. The summed E-state index contributed by atoms with van der Waals surface area (Å²) in [4.78, 5) is 0. The summed E-state index contributed by atoms with van der Waals surface area (Å²) in [6.07, 6.45) is 0.596. The van der Waals surface area contributed by atoms with E-state index in [2.05, 4.69) is 15.9 Å². The first-order chi connectivity index (χ1) is 5.24. The van der Waals surface area contributed by atoms with Gasteiger partial charge >= 0.3 is 0 Å². The van der Waals surface area contributed by atoms with Crippen molar-refractivity contribution in [2.45, 2.75) is 6.42 Å². The highest BCUT2D eigenvalue weighted by atomic mass is 79.9. The third-order valence-electron chi connectivity index (χ3n) is 1.43. The molecule has 0 aliphatic heterocycles. The molecule has 4 heteroatoms. The summed E-state index contributed by atoms with van der Waals surface area (Å²) >= 11 is 3.18. The Morgan fingerprint density at radius 3 is 2.58 bits per heavy atom. The number of rotatable bonds is 2. The Morgan fingerprint density at radius 1 is 1.42 bits per heavy atom. The van der Waals surface area contributed by atoms with Gasteiger partial charge in [-0.15, -0.1) is 12.4 Å². The van der Waals surface area contributed by atoms with Crippen molar-refractivity contribution in [1.29, 1.82) is 0 Å². The van der Waals surface area contributed by atoms with E-state index >= 15 is 0 Å². The van der Waals surface area contributed by atoms with Gasteiger partial charge in [0.2, 0.25) is 0 Å². The van der Waals surface area contributed by atoms with Crippen LogP contribution in [0.15, 0.2) is 22.7 Å². The molecule has 0 spiro atoms. The van der Waals surface area contributed by atoms with Crippen LogP contribution >= 0.6 is 28.3 Å². The first-order valence-corrected chi connectivity index (χ1v) is 4.17. The van der Waals surface area contributed by atoms with Crippen LogP contribution in [0.3, 0.4) is 0 Å². The second-order valence-corrected chi connectivity index (χ2v) is 3.19. The topological polar surface area (TPSA) is 26.0 Å². The molecule has 0 saturated carbocycles. The second-order valence-electron chi connectivity index (χ2n) is 2.27. The molecular formula is C8H10BrClFN. The summed E-state index contributed by atoms with van der Waals surface area (Å²) < 4.78 is 13.7. The predicted molar refractivity (Wildman–Crippen MR) is 54.1 cm³/mol. The first-order valence-electron chi connectivity index (χ1n) is 3.38. The lowest BCUT2D eigenvalue weighted by Gasteiger charge is -2.00. The molecule has 0 aliphatic carbocycles. The Labute approximate surface area is 85.7 Å². The van der Waals surface area contributed by atoms with Gasteiger partial charge in [0.1, 0.15) is 5.82 Å². The number of halogens is 3. The largest absolute Gasteiger partial charge is 0.330 e. The van der Waals surface area contributed by atoms with Crippen molar-refractivity contribution in [2.24, 2.45) is 5.73 Å². The molecule has 1 aromatic rings. The Morgan fingerprint density at radius 2 is 2.08 bits per heavy atom. The van der Waals surface area contributed by atoms with Crippen molar-refractivity contribution in [2.75, 3.05) is 6.54 Å². The third-order valence-corrected chi connectivity index (χ3v) is 1.92. The highest BCUT2D eigenvalue weighted by Gasteiger charge is 2.00. The maximum atomic E-state index is 13.0. The van der Waals surface area contributed by atoms with Gasteiger partial charge in [0.25, 0.3) is 0 Å². The quantitative estimate of drug-likeness (QED) is 0.862. The van der Waals surface area contributed by atoms with Gasteiger partial charge < -0.3 is 5.73 Å². The minimum absolute atomic E-state index is 0. The summed E-state index contributed by atoms with van der Waals surface area (Å²) in [6.45, 7) is 0.485. The van der Waals surface area contributed by atoms with Crippen molar-refractivity contribution < 1.29 is 4.39 Å². The van der Waals surface area contributed by atoms with Gasteiger partial charge in [-0.3, -0.25) is 0 Å². The van der Waals surface area contributed by atoms with E-state index in [1.165, 1.54) is 6.07 Å². The third kappa shape index (κ3) is 3.09. The van der Waals surface area contributed by atoms with E-state index < -0.39 is 0 Å². The van der Waals surface area contributed by atoms with Crippen LogP contribution < -0.4 is 5.73 Å². The smallest absolute Gasteiger partial charge is 0.127 e. The van der Waals surface area contributed by atoms with Crippen molar-refractivity contribution >= 4 is 28.3 Å². The molecule has 0 unspecified atom stereocenters. The molecule has 68 valence electrons. The fourth-order valence-electron chi connectivity index (χ4n) is 0.880. The van der Waals surface area contributed by atoms with E-state index in [4.69, 9.17) is 5.73 Å². The highest BCUT2D eigenvalue weighted by Crippen LogP contribution is 2.15. The fourth-order valence-corrected chi connectivity index (χ4v) is 1.21. The van der Waals surface area contributed by atoms with Gasteiger partial charge in [-0.1, -0.05) is 22.0 Å². The van der Waals surface area contributed by atoms with Crippen LogP contribution in [0, 0.1) is 5.82 Å². The molecule has 2 N–H and O–H groups in total. The summed E-state index contributed by atoms with van der Waals surface area (Å²) in [6, 6.07) is 5.01. The van der Waals surface area contributed by atoms with Crippen LogP contribution in [-0.4, -0.2) is 6.54 Å². The first kappa shape index (κ1) is 11.9. The lowest BCUT2D eigenvalue weighted by molar-refractivity contribution is 0.608. The van der Waals surface area contributed by atoms with Gasteiger partial charge in [-0.05, 0) is 30.7 Å². The minimum Gasteiger partial charge on any atom is -0.330 e. The lowest BCUT2D eigenvalue weighted by atomic mass is 10.1. The number of hydrogen-bond acceptors (Lipinski definition) is 1. The van der Waals surface area contributed by atoms with E-state index in [9.17, 15) is 4.39 Å². The SMILES string of the molecule is Cl.NCCc1ccc(Br)cc1F. The highest BCUT2D eigenvalue weighted by molar-refractivity contribution is 9.10. The molecule has 0 aliphatic rings. The van der Waals surface area contributed by atoms with Crippen LogP contribution in [0.2, 0.25) is 0 Å². The second kappa shape index (κ2) is 5.51. The average Bonchev–Trinajstić information content (AvgIpc) is 1.95. The normalized spacial score (nSPS) is 9.25. The number of nitrogens with two attached hydrogens (primary N) is 1. The summed E-state index contributed by atoms with van der Waals surface area (Å²) in [5, 5.41) is 0. The van der Waals surface area contributed by atoms with Gasteiger partial charge in [-0.2, -0.15) is 0 Å². The zero-order valence-electron chi connectivity index (χ0n) is 6.39. The standard InChI is InChI=1S/C8H9BrFN.ClH/c9-7-2-1-6(3-4-11)8(10)5-7;/h1-2,5H,3-4,11H2;1H. The zero-order chi connectivity index (χ0) is 8.27. The molecule has 0 bridgehead atoms. The molecule has 1 rings (SSSR count). The van der Waals surface area contributed by atoms with E-state index in [-0.39, 0.29) is 18.2 Å². The maximum Gasteiger partial charge on any atom is 0.127 e. The van der Waals surface area contributed by atoms with Gasteiger partial charge in [0.15, 0.2) is 0 Å². The summed E-state index contributed by atoms with van der Waals surface area (Å²) in [5.41, 5.74) is 5.97. The molecule has 0 radical (unpaired) electrons. The number of benzene rings is 1. The van der Waals surface area contributed by atoms with Crippen molar-refractivity contribution in [3.05, 3.63) is 34.1 Å². The molecule has 0 aromatic heterocycles. The van der Waals surface area contributed by atoms with Crippen molar-refractivity contribution in [1.82, 2.24) is 0 Å². The maximum absolute atomic E-state index is 13.0.